The summed E-state index contributed by atoms with van der Waals surface area (Å²) in [6.45, 7) is 7.79. The van der Waals surface area contributed by atoms with Gasteiger partial charge in [-0.25, -0.2) is 0 Å². The molecule has 0 bridgehead atoms. The second kappa shape index (κ2) is 11.0. The van der Waals surface area contributed by atoms with Gasteiger partial charge in [0, 0.05) is 12.1 Å². The van der Waals surface area contributed by atoms with Crippen molar-refractivity contribution in [2.24, 2.45) is 0 Å². The van der Waals surface area contributed by atoms with Gasteiger partial charge >= 0.3 is 0 Å². The summed E-state index contributed by atoms with van der Waals surface area (Å²) < 4.78 is 5.95. The highest BCUT2D eigenvalue weighted by Crippen LogP contribution is 2.32. The molecule has 1 aliphatic rings. The van der Waals surface area contributed by atoms with Crippen LogP contribution >= 0.6 is 0 Å². The Hall–Kier alpha value is -2.33. The number of nitrogens with one attached hydrogen (secondary N) is 1. The van der Waals surface area contributed by atoms with Gasteiger partial charge in [-0.05, 0) is 61.7 Å². The molecule has 4 nitrogen and oxygen atoms in total. The number of hydrogen-bond donors (Lipinski definition) is 1. The predicted octanol–water partition coefficient (Wildman–Crippen LogP) is 5.71. The lowest BCUT2D eigenvalue weighted by molar-refractivity contribution is 0.102. The lowest BCUT2D eigenvalue weighted by Crippen LogP contribution is -2.28. The van der Waals surface area contributed by atoms with Crippen LogP contribution in [0.4, 0.5) is 5.69 Å². The molecule has 0 spiro atoms. The van der Waals surface area contributed by atoms with Gasteiger partial charge in [-0.15, -0.1) is 0 Å². The Morgan fingerprint density at radius 1 is 1.00 bits per heavy atom. The monoisotopic (exact) mass is 394 g/mol. The van der Waals surface area contributed by atoms with Crippen molar-refractivity contribution < 1.29 is 9.53 Å². The molecule has 1 amide bonds. The molecule has 2 aromatic carbocycles. The zero-order valence-corrected chi connectivity index (χ0v) is 17.8. The minimum atomic E-state index is -0.0972. The molecule has 0 atom stereocenters. The van der Waals surface area contributed by atoms with Crippen LogP contribution in [-0.4, -0.2) is 37.0 Å². The molecular weight excluding hydrogens is 360 g/mol. The van der Waals surface area contributed by atoms with Crippen LogP contribution in [0.25, 0.3) is 0 Å². The van der Waals surface area contributed by atoms with E-state index in [1.807, 2.05) is 36.4 Å². The predicted molar refractivity (Wildman–Crippen MR) is 120 cm³/mol. The van der Waals surface area contributed by atoms with Crippen molar-refractivity contribution in [1.29, 1.82) is 0 Å². The highest BCUT2D eigenvalue weighted by atomic mass is 16.5. The van der Waals surface area contributed by atoms with E-state index in [-0.39, 0.29) is 5.91 Å². The van der Waals surface area contributed by atoms with Crippen molar-refractivity contribution in [3.8, 4) is 5.75 Å². The van der Waals surface area contributed by atoms with E-state index >= 15 is 0 Å². The van der Waals surface area contributed by atoms with E-state index < -0.39 is 0 Å². The summed E-state index contributed by atoms with van der Waals surface area (Å²) in [6.07, 6.45) is 6.52. The molecule has 0 saturated heterocycles. The number of likely N-dealkylation sites (N-methyl/N-ethyl adjacent to an activating group) is 1. The van der Waals surface area contributed by atoms with Gasteiger partial charge in [0.05, 0.1) is 5.69 Å². The second-order valence-electron chi connectivity index (χ2n) is 7.78. The first kappa shape index (κ1) is 21.4. The standard InChI is InChI=1S/C25H34N2O2/c1-3-27(4-2)18-19-29-24-13-9-8-12-23(24)26-25(28)22-16-14-21(15-17-22)20-10-6-5-7-11-20/h8-9,12-17,20H,3-7,10-11,18-19H2,1-2H3,(H,26,28). The molecule has 1 saturated carbocycles. The van der Waals surface area contributed by atoms with Crippen LogP contribution in [-0.2, 0) is 0 Å². The zero-order valence-electron chi connectivity index (χ0n) is 17.8. The smallest absolute Gasteiger partial charge is 0.255 e. The van der Waals surface area contributed by atoms with E-state index in [0.29, 0.717) is 29.5 Å². The van der Waals surface area contributed by atoms with Crippen LogP contribution in [0.15, 0.2) is 48.5 Å². The number of amides is 1. The Labute approximate surface area is 175 Å². The third-order valence-electron chi connectivity index (χ3n) is 5.94. The number of ether oxygens (including phenoxy) is 1. The summed E-state index contributed by atoms with van der Waals surface area (Å²) in [7, 11) is 0. The van der Waals surface area contributed by atoms with Crippen molar-refractivity contribution >= 4 is 11.6 Å². The first-order valence-electron chi connectivity index (χ1n) is 11.1. The molecule has 0 aliphatic heterocycles. The molecule has 0 radical (unpaired) electrons. The average molecular weight is 395 g/mol. The number of hydrogen-bond acceptors (Lipinski definition) is 3. The first-order chi connectivity index (χ1) is 14.2. The van der Waals surface area contributed by atoms with Gasteiger partial charge in [0.2, 0.25) is 0 Å². The Bertz CT molecular complexity index is 763. The minimum absolute atomic E-state index is 0.0972. The Morgan fingerprint density at radius 3 is 2.38 bits per heavy atom. The van der Waals surface area contributed by atoms with E-state index in [4.69, 9.17) is 4.74 Å². The fourth-order valence-electron chi connectivity index (χ4n) is 4.06. The van der Waals surface area contributed by atoms with E-state index in [2.05, 4.69) is 36.2 Å². The van der Waals surface area contributed by atoms with Crippen molar-refractivity contribution in [2.45, 2.75) is 51.9 Å². The van der Waals surface area contributed by atoms with E-state index in [1.165, 1.54) is 37.7 Å². The number of rotatable bonds is 9. The highest BCUT2D eigenvalue weighted by molar-refractivity contribution is 6.05. The number of benzene rings is 2. The highest BCUT2D eigenvalue weighted by Gasteiger charge is 2.16. The molecule has 156 valence electrons. The van der Waals surface area contributed by atoms with Crippen LogP contribution in [0.2, 0.25) is 0 Å². The zero-order chi connectivity index (χ0) is 20.5. The van der Waals surface area contributed by atoms with Crippen molar-refractivity contribution in [1.82, 2.24) is 4.90 Å². The summed E-state index contributed by atoms with van der Waals surface area (Å²) in [5.74, 6) is 1.27. The molecule has 0 unspecified atom stereocenters. The first-order valence-corrected chi connectivity index (χ1v) is 11.1. The largest absolute Gasteiger partial charge is 0.490 e. The number of carbonyl (C=O) groups is 1. The molecule has 1 aliphatic carbocycles. The topological polar surface area (TPSA) is 41.6 Å². The van der Waals surface area contributed by atoms with Crippen molar-refractivity contribution in [3.63, 3.8) is 0 Å². The van der Waals surface area contributed by atoms with Gasteiger partial charge in [0.25, 0.3) is 5.91 Å². The minimum Gasteiger partial charge on any atom is -0.490 e. The lowest BCUT2D eigenvalue weighted by atomic mass is 9.84. The van der Waals surface area contributed by atoms with Crippen LogP contribution in [0.5, 0.6) is 5.75 Å². The van der Waals surface area contributed by atoms with Gasteiger partial charge in [-0.2, -0.15) is 0 Å². The summed E-state index contributed by atoms with van der Waals surface area (Å²) in [4.78, 5) is 15.1. The summed E-state index contributed by atoms with van der Waals surface area (Å²) >= 11 is 0. The number of nitrogens with zero attached hydrogens (tertiary/aromatic N) is 1. The summed E-state index contributed by atoms with van der Waals surface area (Å²) in [6, 6.07) is 15.8. The average Bonchev–Trinajstić information content (AvgIpc) is 2.78. The molecule has 3 rings (SSSR count). The number of carbonyl (C=O) groups excluding carboxylic acids is 1. The molecule has 29 heavy (non-hydrogen) atoms. The lowest BCUT2D eigenvalue weighted by Gasteiger charge is -2.22. The van der Waals surface area contributed by atoms with E-state index in [0.717, 1.165) is 19.6 Å². The molecular formula is C25H34N2O2. The maximum atomic E-state index is 12.8. The Balaban J connectivity index is 1.60. The van der Waals surface area contributed by atoms with Gasteiger partial charge in [0.15, 0.2) is 0 Å². The number of anilines is 1. The normalized spacial score (nSPS) is 14.7. The fourth-order valence-corrected chi connectivity index (χ4v) is 4.06. The third-order valence-corrected chi connectivity index (χ3v) is 5.94. The van der Waals surface area contributed by atoms with Gasteiger partial charge in [0.1, 0.15) is 12.4 Å². The fraction of sp³-hybridized carbons (Fsp3) is 0.480. The van der Waals surface area contributed by atoms with Crippen molar-refractivity contribution in [2.75, 3.05) is 31.6 Å². The second-order valence-corrected chi connectivity index (χ2v) is 7.78. The van der Waals surface area contributed by atoms with E-state index in [1.54, 1.807) is 0 Å². The summed E-state index contributed by atoms with van der Waals surface area (Å²) in [5, 5.41) is 3.01. The van der Waals surface area contributed by atoms with Crippen molar-refractivity contribution in [3.05, 3.63) is 59.7 Å². The third kappa shape index (κ3) is 6.07. The molecule has 1 N–H and O–H groups in total. The van der Waals surface area contributed by atoms with Gasteiger partial charge in [-0.1, -0.05) is 57.4 Å². The maximum absolute atomic E-state index is 12.8. The quantitative estimate of drug-likeness (QED) is 0.592. The molecule has 4 heteroatoms. The van der Waals surface area contributed by atoms with Crippen LogP contribution in [0, 0.1) is 0 Å². The Morgan fingerprint density at radius 2 is 1.69 bits per heavy atom. The molecule has 2 aromatic rings. The molecule has 1 fully saturated rings. The van der Waals surface area contributed by atoms with Crippen LogP contribution in [0.1, 0.15) is 67.8 Å². The SMILES string of the molecule is CCN(CC)CCOc1ccccc1NC(=O)c1ccc(C2CCCCC2)cc1. The molecule has 0 heterocycles. The molecule has 0 aromatic heterocycles. The van der Waals surface area contributed by atoms with Gasteiger partial charge in [-0.3, -0.25) is 4.79 Å². The van der Waals surface area contributed by atoms with Crippen LogP contribution in [0.3, 0.4) is 0 Å². The van der Waals surface area contributed by atoms with E-state index in [9.17, 15) is 4.79 Å². The Kier molecular flexibility index (Phi) is 8.12. The summed E-state index contributed by atoms with van der Waals surface area (Å²) in [5.41, 5.74) is 2.76. The van der Waals surface area contributed by atoms with Gasteiger partial charge < -0.3 is 15.0 Å². The number of para-hydroxylation sites is 2. The van der Waals surface area contributed by atoms with Crippen LogP contribution < -0.4 is 10.1 Å². The maximum Gasteiger partial charge on any atom is 0.255 e.